The van der Waals surface area contributed by atoms with Crippen molar-refractivity contribution >= 4 is 11.6 Å². The van der Waals surface area contributed by atoms with Gasteiger partial charge in [-0.2, -0.15) is 0 Å². The van der Waals surface area contributed by atoms with Crippen LogP contribution in [0.25, 0.3) is 0 Å². The van der Waals surface area contributed by atoms with Crippen LogP contribution in [-0.4, -0.2) is 30.4 Å². The minimum absolute atomic E-state index is 0.260. The smallest absolute Gasteiger partial charge is 0.222 e. The van der Waals surface area contributed by atoms with Crippen molar-refractivity contribution in [3.05, 3.63) is 29.8 Å². The van der Waals surface area contributed by atoms with Gasteiger partial charge in [-0.1, -0.05) is 25.1 Å². The van der Waals surface area contributed by atoms with Crippen molar-refractivity contribution in [2.45, 2.75) is 40.0 Å². The van der Waals surface area contributed by atoms with Crippen molar-refractivity contribution < 1.29 is 4.79 Å². The molecular formula is C16H26N2O. The molecule has 1 aromatic rings. The third kappa shape index (κ3) is 4.93. The van der Waals surface area contributed by atoms with Crippen molar-refractivity contribution in [2.24, 2.45) is 0 Å². The van der Waals surface area contributed by atoms with Crippen LogP contribution in [-0.2, 0) is 11.2 Å². The number of hydrogen-bond acceptors (Lipinski definition) is 2. The number of carbonyl (C=O) groups excluding carboxylic acids is 1. The average molecular weight is 262 g/mol. The summed E-state index contributed by atoms with van der Waals surface area (Å²) in [6.07, 6.45) is 2.54. The Balaban J connectivity index is 2.33. The highest BCUT2D eigenvalue weighted by atomic mass is 16.2. The van der Waals surface area contributed by atoms with Gasteiger partial charge in [-0.05, 0) is 38.3 Å². The van der Waals surface area contributed by atoms with Gasteiger partial charge in [0.25, 0.3) is 0 Å². The molecule has 0 saturated carbocycles. The average Bonchev–Trinajstić information content (AvgIpc) is 2.45. The van der Waals surface area contributed by atoms with E-state index < -0.39 is 0 Å². The summed E-state index contributed by atoms with van der Waals surface area (Å²) in [5.41, 5.74) is 2.53. The lowest BCUT2D eigenvalue weighted by molar-refractivity contribution is -0.130. The minimum Gasteiger partial charge on any atom is -0.385 e. The SMILES string of the molecule is CCc1ccccc1NCCCC(=O)N(CC)CC. The highest BCUT2D eigenvalue weighted by Gasteiger charge is 2.08. The Morgan fingerprint density at radius 3 is 2.47 bits per heavy atom. The number of aryl methyl sites for hydroxylation is 1. The molecule has 0 aliphatic carbocycles. The van der Waals surface area contributed by atoms with Crippen LogP contribution in [0.1, 0.15) is 39.2 Å². The van der Waals surface area contributed by atoms with Crippen molar-refractivity contribution in [1.82, 2.24) is 4.90 Å². The molecule has 19 heavy (non-hydrogen) atoms. The lowest BCUT2D eigenvalue weighted by Gasteiger charge is -2.18. The molecule has 0 aromatic heterocycles. The number of amides is 1. The highest BCUT2D eigenvalue weighted by molar-refractivity contribution is 5.76. The van der Waals surface area contributed by atoms with Gasteiger partial charge in [-0.3, -0.25) is 4.79 Å². The van der Waals surface area contributed by atoms with E-state index in [2.05, 4.69) is 30.4 Å². The lowest BCUT2D eigenvalue weighted by atomic mass is 10.1. The molecule has 0 radical (unpaired) electrons. The number of nitrogens with one attached hydrogen (secondary N) is 1. The molecule has 1 N–H and O–H groups in total. The first-order valence-corrected chi connectivity index (χ1v) is 7.32. The van der Waals surface area contributed by atoms with E-state index in [1.165, 1.54) is 11.3 Å². The molecule has 0 heterocycles. The second kappa shape index (κ2) is 8.57. The highest BCUT2D eigenvalue weighted by Crippen LogP contribution is 2.15. The predicted octanol–water partition coefficient (Wildman–Crippen LogP) is 3.31. The summed E-state index contributed by atoms with van der Waals surface area (Å²) >= 11 is 0. The van der Waals surface area contributed by atoms with Crippen LogP contribution < -0.4 is 5.32 Å². The molecule has 0 spiro atoms. The zero-order valence-corrected chi connectivity index (χ0v) is 12.4. The van der Waals surface area contributed by atoms with E-state index in [1.54, 1.807) is 0 Å². The van der Waals surface area contributed by atoms with Gasteiger partial charge in [-0.15, -0.1) is 0 Å². The molecule has 1 amide bonds. The fourth-order valence-electron chi connectivity index (χ4n) is 2.20. The number of carbonyl (C=O) groups is 1. The van der Waals surface area contributed by atoms with Gasteiger partial charge in [0.15, 0.2) is 0 Å². The van der Waals surface area contributed by atoms with Crippen molar-refractivity contribution in [2.75, 3.05) is 25.0 Å². The minimum atomic E-state index is 0.260. The predicted molar refractivity (Wildman–Crippen MR) is 81.5 cm³/mol. The molecule has 3 nitrogen and oxygen atoms in total. The Morgan fingerprint density at radius 1 is 1.16 bits per heavy atom. The van der Waals surface area contributed by atoms with Crippen LogP contribution in [0.2, 0.25) is 0 Å². The molecule has 0 bridgehead atoms. The van der Waals surface area contributed by atoms with E-state index in [0.29, 0.717) is 6.42 Å². The number of nitrogens with zero attached hydrogens (tertiary/aromatic N) is 1. The van der Waals surface area contributed by atoms with E-state index in [4.69, 9.17) is 0 Å². The maximum atomic E-state index is 11.8. The summed E-state index contributed by atoms with van der Waals surface area (Å²) in [6, 6.07) is 8.35. The Bertz CT molecular complexity index is 386. The Hall–Kier alpha value is -1.51. The van der Waals surface area contributed by atoms with E-state index in [9.17, 15) is 4.79 Å². The van der Waals surface area contributed by atoms with Gasteiger partial charge in [0.1, 0.15) is 0 Å². The molecule has 0 aliphatic rings. The molecule has 106 valence electrons. The molecule has 3 heteroatoms. The fourth-order valence-corrected chi connectivity index (χ4v) is 2.20. The van der Waals surface area contributed by atoms with Crippen molar-refractivity contribution in [3.8, 4) is 0 Å². The fraction of sp³-hybridized carbons (Fsp3) is 0.562. The second-order valence-electron chi connectivity index (χ2n) is 4.61. The van der Waals surface area contributed by atoms with Gasteiger partial charge in [0, 0.05) is 31.7 Å². The van der Waals surface area contributed by atoms with Gasteiger partial charge >= 0.3 is 0 Å². The molecule has 0 atom stereocenters. The summed E-state index contributed by atoms with van der Waals surface area (Å²) in [4.78, 5) is 13.7. The van der Waals surface area contributed by atoms with Crippen LogP contribution in [0, 0.1) is 0 Å². The van der Waals surface area contributed by atoms with Crippen LogP contribution in [0.3, 0.4) is 0 Å². The third-order valence-corrected chi connectivity index (χ3v) is 3.40. The van der Waals surface area contributed by atoms with Gasteiger partial charge in [0.05, 0.1) is 0 Å². The van der Waals surface area contributed by atoms with E-state index in [1.807, 2.05) is 24.8 Å². The Labute approximate surface area is 117 Å². The first-order chi connectivity index (χ1) is 9.22. The van der Waals surface area contributed by atoms with Crippen LogP contribution in [0.5, 0.6) is 0 Å². The molecule has 0 unspecified atom stereocenters. The van der Waals surface area contributed by atoms with E-state index >= 15 is 0 Å². The van der Waals surface area contributed by atoms with Crippen LogP contribution in [0.4, 0.5) is 5.69 Å². The Morgan fingerprint density at radius 2 is 1.84 bits per heavy atom. The molecule has 0 aliphatic heterocycles. The van der Waals surface area contributed by atoms with E-state index in [-0.39, 0.29) is 5.91 Å². The summed E-state index contributed by atoms with van der Waals surface area (Å²) < 4.78 is 0. The first-order valence-electron chi connectivity index (χ1n) is 7.32. The number of anilines is 1. The number of rotatable bonds is 8. The summed E-state index contributed by atoms with van der Waals surface area (Å²) in [5, 5.41) is 3.42. The number of benzene rings is 1. The second-order valence-corrected chi connectivity index (χ2v) is 4.61. The quantitative estimate of drug-likeness (QED) is 0.729. The molecule has 0 saturated heterocycles. The summed E-state index contributed by atoms with van der Waals surface area (Å²) in [6.45, 7) is 8.67. The van der Waals surface area contributed by atoms with Gasteiger partial charge < -0.3 is 10.2 Å². The largest absolute Gasteiger partial charge is 0.385 e. The lowest BCUT2D eigenvalue weighted by Crippen LogP contribution is -2.30. The van der Waals surface area contributed by atoms with Crippen molar-refractivity contribution in [3.63, 3.8) is 0 Å². The van der Waals surface area contributed by atoms with Gasteiger partial charge in [-0.25, -0.2) is 0 Å². The van der Waals surface area contributed by atoms with Crippen LogP contribution in [0.15, 0.2) is 24.3 Å². The standard InChI is InChI=1S/C16H26N2O/c1-4-14-10-7-8-11-15(14)17-13-9-12-16(19)18(5-2)6-3/h7-8,10-11,17H,4-6,9,12-13H2,1-3H3. The monoisotopic (exact) mass is 262 g/mol. The first kappa shape index (κ1) is 15.5. The molecule has 0 fully saturated rings. The normalized spacial score (nSPS) is 10.3. The maximum absolute atomic E-state index is 11.8. The van der Waals surface area contributed by atoms with Gasteiger partial charge in [0.2, 0.25) is 5.91 Å². The summed E-state index contributed by atoms with van der Waals surface area (Å²) in [7, 11) is 0. The zero-order valence-electron chi connectivity index (χ0n) is 12.4. The molecule has 1 rings (SSSR count). The molecular weight excluding hydrogens is 236 g/mol. The maximum Gasteiger partial charge on any atom is 0.222 e. The van der Waals surface area contributed by atoms with Crippen molar-refractivity contribution in [1.29, 1.82) is 0 Å². The zero-order chi connectivity index (χ0) is 14.1. The third-order valence-electron chi connectivity index (χ3n) is 3.40. The number of para-hydroxylation sites is 1. The number of hydrogen-bond donors (Lipinski definition) is 1. The topological polar surface area (TPSA) is 32.3 Å². The Kier molecular flexibility index (Phi) is 7.01. The molecule has 1 aromatic carbocycles. The van der Waals surface area contributed by atoms with Crippen LogP contribution >= 0.6 is 0 Å². The van der Waals surface area contributed by atoms with E-state index in [0.717, 1.165) is 32.5 Å². The summed E-state index contributed by atoms with van der Waals surface area (Å²) in [5.74, 6) is 0.260.